The number of piperidine rings is 1. The molecule has 0 bridgehead atoms. The summed E-state index contributed by atoms with van der Waals surface area (Å²) in [6, 6.07) is 4.41. The van der Waals surface area contributed by atoms with E-state index in [-0.39, 0.29) is 17.2 Å². The largest absolute Gasteiger partial charge is 0.507 e. The van der Waals surface area contributed by atoms with Crippen LogP contribution in [-0.2, 0) is 6.18 Å². The number of halogens is 3. The summed E-state index contributed by atoms with van der Waals surface area (Å²) >= 11 is 0. The quantitative estimate of drug-likeness (QED) is 0.777. The summed E-state index contributed by atoms with van der Waals surface area (Å²) in [4.78, 5) is 0. The Balaban J connectivity index is 1.88. The molecule has 1 fully saturated rings. The molecule has 1 aliphatic heterocycles. The Bertz CT molecular complexity index is 790. The van der Waals surface area contributed by atoms with Crippen LogP contribution in [0.3, 0.4) is 0 Å². The van der Waals surface area contributed by atoms with Gasteiger partial charge in [0.15, 0.2) is 0 Å². The number of aromatic nitrogens is 2. The number of rotatable bonds is 3. The first-order valence-corrected chi connectivity index (χ1v) is 8.41. The highest BCUT2D eigenvalue weighted by Gasteiger charge is 2.31. The normalized spacial score (nSPS) is 19.3. The Morgan fingerprint density at radius 2 is 2.00 bits per heavy atom. The molecular formula is C18H20F3N3O2. The standard InChI is InChI=1S/C18H20F3N3O2/c1-10-7-14(17(26)11-3-2-6-22-9-11)23-24-16(10)13-5-4-12(8-15(13)25)18(19,20)21/h4-5,7-8,11,17,22,25-26H,2-3,6,9H2,1H3/t11-,17?/m1/s1. The lowest BCUT2D eigenvalue weighted by molar-refractivity contribution is -0.137. The summed E-state index contributed by atoms with van der Waals surface area (Å²) in [7, 11) is 0. The average Bonchev–Trinajstić information content (AvgIpc) is 2.61. The Hall–Kier alpha value is -2.19. The molecule has 0 amide bonds. The number of hydrogen-bond donors (Lipinski definition) is 3. The van der Waals surface area contributed by atoms with E-state index in [9.17, 15) is 23.4 Å². The van der Waals surface area contributed by atoms with Gasteiger partial charge in [-0.25, -0.2) is 0 Å². The lowest BCUT2D eigenvalue weighted by Crippen LogP contribution is -2.33. The molecule has 1 unspecified atom stereocenters. The Morgan fingerprint density at radius 3 is 2.58 bits per heavy atom. The van der Waals surface area contributed by atoms with Crippen molar-refractivity contribution < 1.29 is 23.4 Å². The topological polar surface area (TPSA) is 78.3 Å². The molecule has 0 radical (unpaired) electrons. The van der Waals surface area contributed by atoms with Crippen molar-refractivity contribution in [2.75, 3.05) is 13.1 Å². The molecule has 2 heterocycles. The van der Waals surface area contributed by atoms with Crippen LogP contribution in [0.15, 0.2) is 24.3 Å². The molecule has 0 aliphatic carbocycles. The molecule has 0 spiro atoms. The maximum atomic E-state index is 12.7. The van der Waals surface area contributed by atoms with Crippen LogP contribution in [0.5, 0.6) is 5.75 Å². The fourth-order valence-electron chi connectivity index (χ4n) is 3.21. The van der Waals surface area contributed by atoms with Gasteiger partial charge in [-0.05, 0) is 56.1 Å². The maximum Gasteiger partial charge on any atom is 0.416 e. The third kappa shape index (κ3) is 3.81. The third-order valence-corrected chi connectivity index (χ3v) is 4.67. The van der Waals surface area contributed by atoms with Crippen LogP contribution in [0.1, 0.15) is 35.8 Å². The van der Waals surface area contributed by atoms with Gasteiger partial charge in [0, 0.05) is 18.0 Å². The monoisotopic (exact) mass is 367 g/mol. The van der Waals surface area contributed by atoms with E-state index in [4.69, 9.17) is 0 Å². The first kappa shape index (κ1) is 18.6. The van der Waals surface area contributed by atoms with Crippen LogP contribution >= 0.6 is 0 Å². The Morgan fingerprint density at radius 1 is 1.23 bits per heavy atom. The highest BCUT2D eigenvalue weighted by molar-refractivity contribution is 5.69. The second kappa shape index (κ2) is 7.20. The Labute approximate surface area is 148 Å². The van der Waals surface area contributed by atoms with Crippen LogP contribution < -0.4 is 5.32 Å². The lowest BCUT2D eigenvalue weighted by Gasteiger charge is -2.27. The van der Waals surface area contributed by atoms with Crippen molar-refractivity contribution >= 4 is 0 Å². The number of phenolic OH excluding ortho intramolecular Hbond substituents is 1. The van der Waals surface area contributed by atoms with Gasteiger partial charge in [0.2, 0.25) is 0 Å². The van der Waals surface area contributed by atoms with Gasteiger partial charge in [0.25, 0.3) is 0 Å². The summed E-state index contributed by atoms with van der Waals surface area (Å²) in [6.45, 7) is 3.35. The van der Waals surface area contributed by atoms with Gasteiger partial charge < -0.3 is 15.5 Å². The zero-order chi connectivity index (χ0) is 18.9. The zero-order valence-electron chi connectivity index (χ0n) is 14.2. The van der Waals surface area contributed by atoms with Gasteiger partial charge >= 0.3 is 6.18 Å². The minimum atomic E-state index is -4.53. The van der Waals surface area contributed by atoms with Crippen LogP contribution in [0, 0.1) is 12.8 Å². The van der Waals surface area contributed by atoms with Gasteiger partial charge in [0.1, 0.15) is 11.9 Å². The zero-order valence-corrected chi connectivity index (χ0v) is 14.2. The van der Waals surface area contributed by atoms with E-state index >= 15 is 0 Å². The molecule has 5 nitrogen and oxygen atoms in total. The van der Waals surface area contributed by atoms with Gasteiger partial charge in [-0.15, -0.1) is 5.10 Å². The minimum Gasteiger partial charge on any atom is -0.507 e. The minimum absolute atomic E-state index is 0.0442. The first-order valence-electron chi connectivity index (χ1n) is 8.41. The number of nitrogens with one attached hydrogen (secondary N) is 1. The van der Waals surface area contributed by atoms with E-state index in [0.717, 1.165) is 25.5 Å². The van der Waals surface area contributed by atoms with Crippen LogP contribution in [-0.4, -0.2) is 33.5 Å². The molecule has 2 atom stereocenters. The molecule has 26 heavy (non-hydrogen) atoms. The van der Waals surface area contributed by atoms with Crippen molar-refractivity contribution in [3.63, 3.8) is 0 Å². The van der Waals surface area contributed by atoms with Crippen molar-refractivity contribution in [3.8, 4) is 17.0 Å². The van der Waals surface area contributed by atoms with Crippen LogP contribution in [0.4, 0.5) is 13.2 Å². The number of phenols is 1. The van der Waals surface area contributed by atoms with Crippen molar-refractivity contribution in [3.05, 3.63) is 41.1 Å². The molecule has 1 saturated heterocycles. The SMILES string of the molecule is Cc1cc(C(O)[C@@H]2CCCNC2)nnc1-c1ccc(C(F)(F)F)cc1O. The van der Waals surface area contributed by atoms with Crippen LogP contribution in [0.25, 0.3) is 11.3 Å². The van der Waals surface area contributed by atoms with E-state index in [1.54, 1.807) is 13.0 Å². The molecule has 2 aromatic rings. The fraction of sp³-hybridized carbons (Fsp3) is 0.444. The summed E-state index contributed by atoms with van der Waals surface area (Å²) < 4.78 is 38.2. The van der Waals surface area contributed by atoms with E-state index in [1.807, 2.05) is 0 Å². The fourth-order valence-corrected chi connectivity index (χ4v) is 3.21. The van der Waals surface area contributed by atoms with Gasteiger partial charge in [-0.2, -0.15) is 18.3 Å². The number of hydrogen-bond acceptors (Lipinski definition) is 5. The second-order valence-electron chi connectivity index (χ2n) is 6.58. The number of aliphatic hydroxyl groups excluding tert-OH is 1. The van der Waals surface area contributed by atoms with Crippen molar-refractivity contribution in [1.82, 2.24) is 15.5 Å². The van der Waals surface area contributed by atoms with Crippen molar-refractivity contribution in [2.45, 2.75) is 32.0 Å². The van der Waals surface area contributed by atoms with Gasteiger partial charge in [-0.1, -0.05) is 0 Å². The molecular weight excluding hydrogens is 347 g/mol. The van der Waals surface area contributed by atoms with E-state index in [2.05, 4.69) is 15.5 Å². The molecule has 1 aliphatic rings. The molecule has 3 N–H and O–H groups in total. The van der Waals surface area contributed by atoms with E-state index < -0.39 is 23.6 Å². The molecule has 3 rings (SSSR count). The second-order valence-corrected chi connectivity index (χ2v) is 6.58. The molecule has 1 aromatic heterocycles. The highest BCUT2D eigenvalue weighted by atomic mass is 19.4. The number of alkyl halides is 3. The third-order valence-electron chi connectivity index (χ3n) is 4.67. The number of nitrogens with zero attached hydrogens (tertiary/aromatic N) is 2. The molecule has 140 valence electrons. The number of benzene rings is 1. The molecule has 1 aromatic carbocycles. The van der Waals surface area contributed by atoms with Gasteiger partial charge in [-0.3, -0.25) is 0 Å². The predicted octanol–water partition coefficient (Wildman–Crippen LogP) is 3.21. The summed E-state index contributed by atoms with van der Waals surface area (Å²) in [5, 5.41) is 31.8. The molecule has 8 heteroatoms. The Kier molecular flexibility index (Phi) is 5.15. The lowest BCUT2D eigenvalue weighted by atomic mass is 9.91. The highest BCUT2D eigenvalue weighted by Crippen LogP contribution is 2.37. The van der Waals surface area contributed by atoms with E-state index in [1.165, 1.54) is 6.07 Å². The number of aliphatic hydroxyl groups is 1. The van der Waals surface area contributed by atoms with E-state index in [0.29, 0.717) is 23.9 Å². The first-order chi connectivity index (χ1) is 12.3. The number of aryl methyl sites for hydroxylation is 1. The maximum absolute atomic E-state index is 12.7. The molecule has 0 saturated carbocycles. The summed E-state index contributed by atoms with van der Waals surface area (Å²) in [5.74, 6) is -0.468. The summed E-state index contributed by atoms with van der Waals surface area (Å²) in [6.07, 6.45) is -3.43. The smallest absolute Gasteiger partial charge is 0.416 e. The van der Waals surface area contributed by atoms with Crippen LogP contribution in [0.2, 0.25) is 0 Å². The van der Waals surface area contributed by atoms with Gasteiger partial charge in [0.05, 0.1) is 17.0 Å². The van der Waals surface area contributed by atoms with Crippen molar-refractivity contribution in [2.24, 2.45) is 5.92 Å². The van der Waals surface area contributed by atoms with Crippen molar-refractivity contribution in [1.29, 1.82) is 0 Å². The summed E-state index contributed by atoms with van der Waals surface area (Å²) in [5.41, 5.74) is 0.567. The average molecular weight is 367 g/mol. The predicted molar refractivity (Wildman–Crippen MR) is 89.4 cm³/mol. The number of aromatic hydroxyl groups is 1.